The highest BCUT2D eigenvalue weighted by atomic mass is 35.5. The van der Waals surface area contributed by atoms with Crippen molar-refractivity contribution in [3.05, 3.63) is 27.7 Å². The van der Waals surface area contributed by atoms with Gasteiger partial charge in [-0.2, -0.15) is 0 Å². The molecule has 0 spiro atoms. The number of halogens is 2. The summed E-state index contributed by atoms with van der Waals surface area (Å²) in [5.74, 6) is 0.489. The van der Waals surface area contributed by atoms with Crippen molar-refractivity contribution in [1.82, 2.24) is 5.32 Å². The molecule has 1 aromatic carbocycles. The Kier molecular flexibility index (Phi) is 7.62. The minimum absolute atomic E-state index is 0.182. The van der Waals surface area contributed by atoms with Crippen LogP contribution in [-0.2, 0) is 0 Å². The van der Waals surface area contributed by atoms with Crippen molar-refractivity contribution >= 4 is 23.2 Å². The van der Waals surface area contributed by atoms with E-state index in [0.717, 1.165) is 6.42 Å². The maximum atomic E-state index is 10.5. The number of aliphatic hydroxyl groups is 1. The summed E-state index contributed by atoms with van der Waals surface area (Å²) in [6, 6.07) is 3.12. The standard InChI is InChI=1S/C14H22Cl2N2O2/c1-3-6-20-14-10(7-9(15)8-11(14)16)13(19)12(18-2)4-5-17/h7-8,12-13,18-19H,3-6,17H2,1-2H3. The zero-order valence-electron chi connectivity index (χ0n) is 11.8. The molecule has 0 heterocycles. The lowest BCUT2D eigenvalue weighted by atomic mass is 9.99. The van der Waals surface area contributed by atoms with Gasteiger partial charge in [0.25, 0.3) is 0 Å². The molecule has 0 fully saturated rings. The number of benzene rings is 1. The minimum atomic E-state index is -0.786. The first-order valence-electron chi connectivity index (χ1n) is 6.72. The van der Waals surface area contributed by atoms with E-state index in [1.807, 2.05) is 6.92 Å². The van der Waals surface area contributed by atoms with Gasteiger partial charge in [0.1, 0.15) is 5.75 Å². The summed E-state index contributed by atoms with van der Waals surface area (Å²) in [4.78, 5) is 0. The Balaban J connectivity index is 3.12. The minimum Gasteiger partial charge on any atom is -0.492 e. The van der Waals surface area contributed by atoms with Crippen LogP contribution in [0.4, 0.5) is 0 Å². The van der Waals surface area contributed by atoms with Gasteiger partial charge in [-0.3, -0.25) is 0 Å². The average Bonchev–Trinajstić information content (AvgIpc) is 2.42. The first-order chi connectivity index (χ1) is 9.54. The molecule has 0 amide bonds. The molecule has 2 unspecified atom stereocenters. The van der Waals surface area contributed by atoms with Crippen LogP contribution in [0.5, 0.6) is 5.75 Å². The third-order valence-electron chi connectivity index (χ3n) is 3.04. The van der Waals surface area contributed by atoms with E-state index < -0.39 is 6.10 Å². The Labute approximate surface area is 130 Å². The molecule has 0 aliphatic carbocycles. The molecule has 2 atom stereocenters. The maximum absolute atomic E-state index is 10.5. The lowest BCUT2D eigenvalue weighted by Crippen LogP contribution is -2.34. The lowest BCUT2D eigenvalue weighted by Gasteiger charge is -2.25. The number of ether oxygens (including phenoxy) is 1. The zero-order chi connectivity index (χ0) is 15.1. The molecule has 0 aromatic heterocycles. The quantitative estimate of drug-likeness (QED) is 0.689. The number of hydrogen-bond donors (Lipinski definition) is 3. The summed E-state index contributed by atoms with van der Waals surface area (Å²) < 4.78 is 5.66. The number of likely N-dealkylation sites (N-methyl/N-ethyl adjacent to an activating group) is 1. The molecular weight excluding hydrogens is 299 g/mol. The molecule has 4 N–H and O–H groups in total. The van der Waals surface area contributed by atoms with Crippen LogP contribution in [0.2, 0.25) is 10.0 Å². The van der Waals surface area contributed by atoms with Crippen molar-refractivity contribution < 1.29 is 9.84 Å². The smallest absolute Gasteiger partial charge is 0.143 e. The summed E-state index contributed by atoms with van der Waals surface area (Å²) >= 11 is 12.2. The molecule has 114 valence electrons. The van der Waals surface area contributed by atoms with E-state index in [-0.39, 0.29) is 6.04 Å². The lowest BCUT2D eigenvalue weighted by molar-refractivity contribution is 0.124. The normalized spacial score (nSPS) is 14.1. The average molecular weight is 321 g/mol. The highest BCUT2D eigenvalue weighted by molar-refractivity contribution is 6.35. The summed E-state index contributed by atoms with van der Waals surface area (Å²) in [5, 5.41) is 14.5. The SMILES string of the molecule is CCCOc1c(Cl)cc(Cl)cc1C(O)C(CCN)NC. The predicted molar refractivity (Wildman–Crippen MR) is 83.7 cm³/mol. The molecular formula is C14H22Cl2N2O2. The molecule has 4 nitrogen and oxygen atoms in total. The van der Waals surface area contributed by atoms with Gasteiger partial charge in [0.15, 0.2) is 0 Å². The zero-order valence-corrected chi connectivity index (χ0v) is 13.3. The van der Waals surface area contributed by atoms with E-state index in [9.17, 15) is 5.11 Å². The number of hydrogen-bond acceptors (Lipinski definition) is 4. The van der Waals surface area contributed by atoms with Gasteiger partial charge < -0.3 is 20.9 Å². The summed E-state index contributed by atoms with van der Waals surface area (Å²) in [7, 11) is 1.78. The van der Waals surface area contributed by atoms with E-state index in [1.54, 1.807) is 19.2 Å². The van der Waals surface area contributed by atoms with Crippen molar-refractivity contribution in [3.63, 3.8) is 0 Å². The van der Waals surface area contributed by atoms with Crippen molar-refractivity contribution in [2.45, 2.75) is 31.9 Å². The Morgan fingerprint density at radius 1 is 1.40 bits per heavy atom. The molecule has 20 heavy (non-hydrogen) atoms. The molecule has 0 radical (unpaired) electrons. The topological polar surface area (TPSA) is 67.5 Å². The molecule has 0 aliphatic rings. The fourth-order valence-corrected chi connectivity index (χ4v) is 2.58. The molecule has 0 saturated carbocycles. The second-order valence-electron chi connectivity index (χ2n) is 4.57. The highest BCUT2D eigenvalue weighted by Gasteiger charge is 2.24. The van der Waals surface area contributed by atoms with Crippen molar-refractivity contribution in [1.29, 1.82) is 0 Å². The van der Waals surface area contributed by atoms with E-state index >= 15 is 0 Å². The van der Waals surface area contributed by atoms with Crippen LogP contribution >= 0.6 is 23.2 Å². The Morgan fingerprint density at radius 2 is 2.10 bits per heavy atom. The number of rotatable bonds is 8. The van der Waals surface area contributed by atoms with Gasteiger partial charge in [-0.1, -0.05) is 30.1 Å². The first-order valence-corrected chi connectivity index (χ1v) is 7.47. The Hall–Kier alpha value is -0.520. The third-order valence-corrected chi connectivity index (χ3v) is 3.53. The van der Waals surface area contributed by atoms with Gasteiger partial charge in [0, 0.05) is 16.6 Å². The van der Waals surface area contributed by atoms with Crippen LogP contribution in [0.3, 0.4) is 0 Å². The molecule has 0 bridgehead atoms. The Morgan fingerprint density at radius 3 is 2.65 bits per heavy atom. The monoisotopic (exact) mass is 320 g/mol. The molecule has 6 heteroatoms. The van der Waals surface area contributed by atoms with Crippen LogP contribution in [0.1, 0.15) is 31.4 Å². The first kappa shape index (κ1) is 17.5. The molecule has 0 aliphatic heterocycles. The van der Waals surface area contributed by atoms with Crippen LogP contribution in [-0.4, -0.2) is 31.3 Å². The number of aliphatic hydroxyl groups excluding tert-OH is 1. The van der Waals surface area contributed by atoms with E-state index in [0.29, 0.717) is 40.9 Å². The molecule has 1 aromatic rings. The number of nitrogens with two attached hydrogens (primary N) is 1. The van der Waals surface area contributed by atoms with Crippen LogP contribution in [0.15, 0.2) is 12.1 Å². The van der Waals surface area contributed by atoms with E-state index in [2.05, 4.69) is 5.32 Å². The van der Waals surface area contributed by atoms with Crippen LogP contribution in [0.25, 0.3) is 0 Å². The number of nitrogens with one attached hydrogen (secondary N) is 1. The highest BCUT2D eigenvalue weighted by Crippen LogP contribution is 2.37. The predicted octanol–water partition coefficient (Wildman–Crippen LogP) is 2.75. The van der Waals surface area contributed by atoms with Crippen LogP contribution in [0, 0.1) is 0 Å². The van der Waals surface area contributed by atoms with E-state index in [1.165, 1.54) is 0 Å². The van der Waals surface area contributed by atoms with Crippen molar-refractivity contribution in [2.75, 3.05) is 20.2 Å². The van der Waals surface area contributed by atoms with Gasteiger partial charge >= 0.3 is 0 Å². The maximum Gasteiger partial charge on any atom is 0.143 e. The van der Waals surface area contributed by atoms with Crippen molar-refractivity contribution in [3.8, 4) is 5.75 Å². The second kappa shape index (κ2) is 8.70. The third kappa shape index (κ3) is 4.50. The second-order valence-corrected chi connectivity index (χ2v) is 5.42. The summed E-state index contributed by atoms with van der Waals surface area (Å²) in [6.45, 7) is 3.01. The molecule has 0 saturated heterocycles. The molecule has 1 rings (SSSR count). The van der Waals surface area contributed by atoms with Gasteiger partial charge in [-0.15, -0.1) is 0 Å². The largest absolute Gasteiger partial charge is 0.492 e. The van der Waals surface area contributed by atoms with Crippen molar-refractivity contribution in [2.24, 2.45) is 5.73 Å². The fraction of sp³-hybridized carbons (Fsp3) is 0.571. The fourth-order valence-electron chi connectivity index (χ4n) is 2.01. The van der Waals surface area contributed by atoms with E-state index in [4.69, 9.17) is 33.7 Å². The van der Waals surface area contributed by atoms with Gasteiger partial charge in [0.2, 0.25) is 0 Å². The van der Waals surface area contributed by atoms with Gasteiger partial charge in [-0.05, 0) is 38.6 Å². The Bertz CT molecular complexity index is 430. The summed E-state index contributed by atoms with van der Waals surface area (Å²) in [5.41, 5.74) is 6.15. The van der Waals surface area contributed by atoms with Gasteiger partial charge in [-0.25, -0.2) is 0 Å². The van der Waals surface area contributed by atoms with Crippen LogP contribution < -0.4 is 15.8 Å². The van der Waals surface area contributed by atoms with Gasteiger partial charge in [0.05, 0.1) is 17.7 Å². The summed E-state index contributed by atoms with van der Waals surface area (Å²) in [6.07, 6.45) is 0.702.